The third-order valence-electron chi connectivity index (χ3n) is 5.50. The number of nitrogens with zero attached hydrogens (tertiary/aromatic N) is 3. The molecule has 8 nitrogen and oxygen atoms in total. The summed E-state index contributed by atoms with van der Waals surface area (Å²) >= 11 is 0. The third-order valence-corrected chi connectivity index (χ3v) is 5.50. The van der Waals surface area contributed by atoms with Gasteiger partial charge in [-0.15, -0.1) is 0 Å². The molecule has 0 aliphatic rings. The van der Waals surface area contributed by atoms with Crippen molar-refractivity contribution in [1.82, 2.24) is 9.97 Å². The molecule has 2 aromatic heterocycles. The Hall–Kier alpha value is -4.71. The van der Waals surface area contributed by atoms with Crippen molar-refractivity contribution in [3.63, 3.8) is 0 Å². The van der Waals surface area contributed by atoms with Crippen molar-refractivity contribution in [2.24, 2.45) is 0 Å². The van der Waals surface area contributed by atoms with Crippen molar-refractivity contribution < 1.29 is 23.8 Å². The molecule has 9 heteroatoms. The van der Waals surface area contributed by atoms with Crippen LogP contribution in [0.4, 0.5) is 10.1 Å². The number of hydrogen-bond donors (Lipinski definition) is 2. The van der Waals surface area contributed by atoms with Crippen molar-refractivity contribution in [1.29, 1.82) is 5.26 Å². The molecule has 0 spiro atoms. The molecule has 35 heavy (non-hydrogen) atoms. The Bertz CT molecular complexity index is 1470. The molecule has 0 radical (unpaired) electrons. The lowest BCUT2D eigenvalue weighted by Crippen LogP contribution is -2.26. The lowest BCUT2D eigenvalue weighted by Gasteiger charge is -2.17. The summed E-state index contributed by atoms with van der Waals surface area (Å²) in [7, 11) is 3.04. The zero-order valence-corrected chi connectivity index (χ0v) is 19.2. The summed E-state index contributed by atoms with van der Waals surface area (Å²) < 4.78 is 24.5. The maximum Gasteiger partial charge on any atom is 0.325 e. The first kappa shape index (κ1) is 23.4. The number of ether oxygens (including phenoxy) is 2. The van der Waals surface area contributed by atoms with Crippen LogP contribution < -0.4 is 14.8 Å². The summed E-state index contributed by atoms with van der Waals surface area (Å²) in [5.41, 5.74) is 3.30. The maximum atomic E-state index is 14.0. The number of carboxylic acids is 1. The molecular formula is C26H21FN4O4. The molecule has 2 N–H and O–H groups in total. The molecular weight excluding hydrogens is 451 g/mol. The monoisotopic (exact) mass is 472 g/mol. The minimum absolute atomic E-state index is 0.118. The van der Waals surface area contributed by atoms with Crippen LogP contribution in [-0.2, 0) is 4.79 Å². The highest BCUT2D eigenvalue weighted by Gasteiger charge is 2.21. The first-order valence-electron chi connectivity index (χ1n) is 10.6. The van der Waals surface area contributed by atoms with E-state index in [4.69, 9.17) is 9.47 Å². The molecule has 0 amide bonds. The summed E-state index contributed by atoms with van der Waals surface area (Å²) in [5.74, 6) is -0.806. The fraction of sp³-hybridized carbons (Fsp3) is 0.154. The van der Waals surface area contributed by atoms with E-state index in [1.54, 1.807) is 18.2 Å². The van der Waals surface area contributed by atoms with Crippen LogP contribution in [-0.4, -0.2) is 41.3 Å². The van der Waals surface area contributed by atoms with E-state index in [0.29, 0.717) is 33.9 Å². The maximum absolute atomic E-state index is 14.0. The number of nitrogens with one attached hydrogen (secondary N) is 1. The van der Waals surface area contributed by atoms with Gasteiger partial charge < -0.3 is 19.9 Å². The number of hydrogen-bond acceptors (Lipinski definition) is 7. The minimum Gasteiger partial charge on any atom is -0.481 e. The number of halogens is 1. The molecule has 0 bridgehead atoms. The highest BCUT2D eigenvalue weighted by Crippen LogP contribution is 2.36. The molecule has 1 atom stereocenters. The number of carbonyl (C=O) groups is 1. The van der Waals surface area contributed by atoms with E-state index in [2.05, 4.69) is 21.4 Å². The number of nitriles is 1. The molecule has 0 unspecified atom stereocenters. The van der Waals surface area contributed by atoms with Gasteiger partial charge in [0.1, 0.15) is 23.5 Å². The molecule has 176 valence electrons. The van der Waals surface area contributed by atoms with E-state index in [1.807, 2.05) is 18.2 Å². The average molecular weight is 472 g/mol. The molecule has 4 aromatic rings. The molecule has 0 saturated heterocycles. The van der Waals surface area contributed by atoms with Crippen molar-refractivity contribution >= 4 is 22.6 Å². The Kier molecular flexibility index (Phi) is 6.46. The second-order valence-corrected chi connectivity index (χ2v) is 7.68. The fourth-order valence-electron chi connectivity index (χ4n) is 3.70. The largest absolute Gasteiger partial charge is 0.481 e. The van der Waals surface area contributed by atoms with Crippen LogP contribution in [0.15, 0.2) is 54.6 Å². The molecule has 0 saturated carbocycles. The van der Waals surface area contributed by atoms with E-state index in [1.165, 1.54) is 39.3 Å². The van der Waals surface area contributed by atoms with Crippen molar-refractivity contribution in [3.05, 3.63) is 66.0 Å². The Balaban J connectivity index is 1.85. The highest BCUT2D eigenvalue weighted by atomic mass is 19.1. The molecule has 0 aliphatic carbocycles. The number of methoxy groups -OCH3 is 2. The number of aromatic nitrogens is 2. The normalized spacial score (nSPS) is 11.5. The van der Waals surface area contributed by atoms with Gasteiger partial charge >= 0.3 is 5.97 Å². The Morgan fingerprint density at radius 1 is 1.06 bits per heavy atom. The van der Waals surface area contributed by atoms with Gasteiger partial charge in [-0.2, -0.15) is 10.2 Å². The minimum atomic E-state index is -1.11. The summed E-state index contributed by atoms with van der Waals surface area (Å²) in [6.07, 6.45) is 0. The van der Waals surface area contributed by atoms with Gasteiger partial charge in [-0.25, -0.2) is 9.37 Å². The van der Waals surface area contributed by atoms with E-state index in [9.17, 15) is 19.6 Å². The molecule has 0 aliphatic heterocycles. The van der Waals surface area contributed by atoms with Crippen LogP contribution in [0.25, 0.3) is 33.3 Å². The lowest BCUT2D eigenvalue weighted by atomic mass is 9.98. The number of aliphatic carboxylic acids is 1. The SMILES string of the molecule is COc1ccc(-c2ccc(-c3nc4ccc(F)cc4c(N[C@H](C)C(=O)O)c3C#N)cc2)c(OC)n1. The Morgan fingerprint density at radius 2 is 1.77 bits per heavy atom. The van der Waals surface area contributed by atoms with E-state index in [-0.39, 0.29) is 11.3 Å². The van der Waals surface area contributed by atoms with Gasteiger partial charge in [0, 0.05) is 22.6 Å². The molecule has 4 rings (SSSR count). The van der Waals surface area contributed by atoms with Gasteiger partial charge in [-0.3, -0.25) is 4.79 Å². The van der Waals surface area contributed by atoms with Gasteiger partial charge in [0.15, 0.2) is 0 Å². The fourth-order valence-corrected chi connectivity index (χ4v) is 3.70. The van der Waals surface area contributed by atoms with Crippen molar-refractivity contribution in [2.45, 2.75) is 13.0 Å². The second-order valence-electron chi connectivity index (χ2n) is 7.68. The standard InChI is InChI=1S/C26H21FN4O4/c1-14(26(32)33)29-24-19-12-17(27)8-10-21(19)30-23(20(24)13-28)16-6-4-15(5-7-16)18-9-11-22(34-2)31-25(18)35-3/h4-12,14H,1-3H3,(H,29,30)(H,32,33)/t14-/m1/s1. The molecule has 2 aromatic carbocycles. The summed E-state index contributed by atoms with van der Waals surface area (Å²) in [6, 6.07) is 15.9. The zero-order valence-electron chi connectivity index (χ0n) is 19.2. The first-order valence-corrected chi connectivity index (χ1v) is 10.6. The molecule has 0 fully saturated rings. The number of anilines is 1. The summed E-state index contributed by atoms with van der Waals surface area (Å²) in [6.45, 7) is 1.44. The quantitative estimate of drug-likeness (QED) is 0.391. The Labute approximate surface area is 200 Å². The number of benzene rings is 2. The van der Waals surface area contributed by atoms with E-state index >= 15 is 0 Å². The zero-order chi connectivity index (χ0) is 25.1. The van der Waals surface area contributed by atoms with Gasteiger partial charge in [0.2, 0.25) is 11.8 Å². The Morgan fingerprint density at radius 3 is 2.40 bits per heavy atom. The van der Waals surface area contributed by atoms with Crippen LogP contribution in [0, 0.1) is 17.1 Å². The van der Waals surface area contributed by atoms with Gasteiger partial charge in [-0.1, -0.05) is 24.3 Å². The van der Waals surface area contributed by atoms with Crippen LogP contribution in [0.2, 0.25) is 0 Å². The van der Waals surface area contributed by atoms with Gasteiger partial charge in [0.25, 0.3) is 0 Å². The van der Waals surface area contributed by atoms with Crippen LogP contribution in [0.3, 0.4) is 0 Å². The molecule has 2 heterocycles. The summed E-state index contributed by atoms with van der Waals surface area (Å²) in [4.78, 5) is 20.4. The van der Waals surface area contributed by atoms with E-state index in [0.717, 1.165) is 11.1 Å². The van der Waals surface area contributed by atoms with Gasteiger partial charge in [-0.05, 0) is 36.8 Å². The predicted molar refractivity (Wildman–Crippen MR) is 129 cm³/mol. The summed E-state index contributed by atoms with van der Waals surface area (Å²) in [5, 5.41) is 22.5. The topological polar surface area (TPSA) is 117 Å². The van der Waals surface area contributed by atoms with Crippen molar-refractivity contribution in [2.75, 3.05) is 19.5 Å². The smallest absolute Gasteiger partial charge is 0.325 e. The number of carboxylic acid groups (broad SMARTS) is 1. The van der Waals surface area contributed by atoms with Gasteiger partial charge in [0.05, 0.1) is 31.1 Å². The third kappa shape index (κ3) is 4.54. The number of rotatable bonds is 7. The predicted octanol–water partition coefficient (Wildman–Crippen LogP) is 4.88. The number of fused-ring (bicyclic) bond motifs is 1. The van der Waals surface area contributed by atoms with Crippen LogP contribution in [0.1, 0.15) is 12.5 Å². The lowest BCUT2D eigenvalue weighted by molar-refractivity contribution is -0.137. The van der Waals surface area contributed by atoms with Crippen molar-refractivity contribution in [3.8, 4) is 40.2 Å². The average Bonchev–Trinajstić information content (AvgIpc) is 2.88. The first-order chi connectivity index (χ1) is 16.9. The number of pyridine rings is 2. The van der Waals surface area contributed by atoms with Crippen LogP contribution >= 0.6 is 0 Å². The highest BCUT2D eigenvalue weighted by molar-refractivity contribution is 5.99. The van der Waals surface area contributed by atoms with E-state index < -0.39 is 17.8 Å². The second kappa shape index (κ2) is 9.65. The van der Waals surface area contributed by atoms with Crippen LogP contribution in [0.5, 0.6) is 11.8 Å².